The highest BCUT2D eigenvalue weighted by Crippen LogP contribution is 2.38. The van der Waals surface area contributed by atoms with Crippen molar-refractivity contribution < 1.29 is 31.9 Å². The molecule has 2 aromatic carbocycles. The molecule has 1 amide bonds. The molecule has 0 bridgehead atoms. The first kappa shape index (κ1) is 25.9. The second-order valence-electron chi connectivity index (χ2n) is 8.59. The second kappa shape index (κ2) is 11.7. The number of oxazole rings is 1. The fourth-order valence-corrected chi connectivity index (χ4v) is 3.98. The molecule has 0 saturated carbocycles. The maximum atomic E-state index is 13.3. The summed E-state index contributed by atoms with van der Waals surface area (Å²) in [6.45, 7) is 3.86. The molecule has 0 aliphatic rings. The van der Waals surface area contributed by atoms with E-state index in [1.54, 1.807) is 12.3 Å². The zero-order chi connectivity index (χ0) is 27.2. The molecule has 0 spiro atoms. The van der Waals surface area contributed by atoms with Crippen molar-refractivity contribution in [2.24, 2.45) is 0 Å². The van der Waals surface area contributed by atoms with Gasteiger partial charge in [0.2, 0.25) is 0 Å². The number of ether oxygens (including phenoxy) is 2. The maximum absolute atomic E-state index is 13.3. The first-order valence-electron chi connectivity index (χ1n) is 12.1. The van der Waals surface area contributed by atoms with Crippen molar-refractivity contribution in [3.8, 4) is 23.3 Å². The number of benzene rings is 2. The van der Waals surface area contributed by atoms with Crippen molar-refractivity contribution in [2.45, 2.75) is 19.9 Å². The van der Waals surface area contributed by atoms with Crippen molar-refractivity contribution in [3.05, 3.63) is 89.9 Å². The fraction of sp³-hybridized carbons (Fsp3) is 0.179. The minimum Gasteiger partial charge on any atom is -0.493 e. The van der Waals surface area contributed by atoms with Crippen LogP contribution in [0.1, 0.15) is 17.5 Å². The van der Waals surface area contributed by atoms with Crippen LogP contribution in [0.3, 0.4) is 0 Å². The smallest absolute Gasteiger partial charge is 0.418 e. The van der Waals surface area contributed by atoms with Crippen LogP contribution in [0.4, 0.5) is 19.3 Å². The van der Waals surface area contributed by atoms with Gasteiger partial charge in [0, 0.05) is 36.3 Å². The van der Waals surface area contributed by atoms with Gasteiger partial charge in [-0.15, -0.1) is 0 Å². The average Bonchev–Trinajstić information content (AvgIpc) is 3.50. The predicted molar refractivity (Wildman–Crippen MR) is 139 cm³/mol. The lowest BCUT2D eigenvalue weighted by atomic mass is 10.1. The van der Waals surface area contributed by atoms with Crippen molar-refractivity contribution in [3.63, 3.8) is 0 Å². The molecule has 0 aliphatic carbocycles. The van der Waals surface area contributed by atoms with E-state index in [9.17, 15) is 13.6 Å². The standard InChI is InChI=1S/C28H24F2N4O5/c1-17-25-22(36-10-4-9-32-15-18-5-3-8-31-14-18)6-2-7-23(25)38-26(17)27-34-24(16-37-27)39-28(35)33-21-12-19(29)11-20(30)13-21/h2-3,5-8,11-14,16,32H,4,9-10,15H2,1H3,(H,33,35). The molecule has 0 atom stereocenters. The Morgan fingerprint density at radius 3 is 2.74 bits per heavy atom. The lowest BCUT2D eigenvalue weighted by Gasteiger charge is -2.08. The molecule has 5 rings (SSSR count). The van der Waals surface area contributed by atoms with E-state index in [-0.39, 0.29) is 17.5 Å². The Bertz CT molecular complexity index is 1570. The van der Waals surface area contributed by atoms with E-state index in [4.69, 9.17) is 18.3 Å². The molecule has 39 heavy (non-hydrogen) atoms. The molecule has 3 aromatic heterocycles. The molecule has 9 nitrogen and oxygen atoms in total. The van der Waals surface area contributed by atoms with Crippen LogP contribution < -0.4 is 20.1 Å². The number of fused-ring (bicyclic) bond motifs is 1. The number of hydrogen-bond donors (Lipinski definition) is 2. The molecule has 0 radical (unpaired) electrons. The van der Waals surface area contributed by atoms with E-state index in [0.29, 0.717) is 29.8 Å². The molecule has 3 heterocycles. The first-order valence-corrected chi connectivity index (χ1v) is 12.1. The summed E-state index contributed by atoms with van der Waals surface area (Å²) in [4.78, 5) is 20.4. The average molecular weight is 535 g/mol. The molecular formula is C28H24F2N4O5. The van der Waals surface area contributed by atoms with Crippen molar-refractivity contribution in [1.29, 1.82) is 0 Å². The number of halogens is 2. The van der Waals surface area contributed by atoms with Gasteiger partial charge >= 0.3 is 6.09 Å². The third-order valence-electron chi connectivity index (χ3n) is 5.71. The van der Waals surface area contributed by atoms with Crippen LogP contribution in [-0.4, -0.2) is 29.2 Å². The molecule has 200 valence electrons. The summed E-state index contributed by atoms with van der Waals surface area (Å²) >= 11 is 0. The molecule has 0 unspecified atom stereocenters. The highest BCUT2D eigenvalue weighted by Gasteiger charge is 2.21. The van der Waals surface area contributed by atoms with E-state index in [1.807, 2.05) is 37.4 Å². The van der Waals surface area contributed by atoms with E-state index in [1.165, 1.54) is 0 Å². The number of hydrogen-bond acceptors (Lipinski definition) is 8. The van der Waals surface area contributed by atoms with Gasteiger partial charge in [0.05, 0.1) is 12.0 Å². The first-order chi connectivity index (χ1) is 19.0. The number of nitrogens with zero attached hydrogens (tertiary/aromatic N) is 2. The molecule has 0 saturated heterocycles. The number of aromatic nitrogens is 2. The van der Waals surface area contributed by atoms with E-state index < -0.39 is 17.7 Å². The summed E-state index contributed by atoms with van der Waals surface area (Å²) in [6, 6.07) is 12.0. The largest absolute Gasteiger partial charge is 0.493 e. The van der Waals surface area contributed by atoms with Crippen LogP contribution in [0, 0.1) is 18.6 Å². The third-order valence-corrected chi connectivity index (χ3v) is 5.71. The summed E-state index contributed by atoms with van der Waals surface area (Å²) in [7, 11) is 0. The van der Waals surface area contributed by atoms with Gasteiger partial charge < -0.3 is 23.6 Å². The predicted octanol–water partition coefficient (Wildman–Crippen LogP) is 6.24. The summed E-state index contributed by atoms with van der Waals surface area (Å²) in [6.07, 6.45) is 4.51. The highest BCUT2D eigenvalue weighted by atomic mass is 19.1. The van der Waals surface area contributed by atoms with Crippen molar-refractivity contribution in [2.75, 3.05) is 18.5 Å². The number of rotatable bonds is 10. The Hall–Kier alpha value is -4.77. The zero-order valence-corrected chi connectivity index (χ0v) is 20.9. The van der Waals surface area contributed by atoms with Gasteiger partial charge in [-0.1, -0.05) is 12.1 Å². The lowest BCUT2D eigenvalue weighted by molar-refractivity contribution is 0.213. The van der Waals surface area contributed by atoms with Crippen LogP contribution >= 0.6 is 0 Å². The van der Waals surface area contributed by atoms with E-state index >= 15 is 0 Å². The zero-order valence-electron chi connectivity index (χ0n) is 20.9. The minimum atomic E-state index is -0.994. The number of anilines is 1. The number of carbonyl (C=O) groups excluding carboxylic acids is 1. The second-order valence-corrected chi connectivity index (χ2v) is 8.59. The summed E-state index contributed by atoms with van der Waals surface area (Å²) < 4.78 is 49.2. The summed E-state index contributed by atoms with van der Waals surface area (Å²) in [5.74, 6) is -0.729. The number of furan rings is 1. The van der Waals surface area contributed by atoms with Crippen LogP contribution in [0.25, 0.3) is 22.6 Å². The Morgan fingerprint density at radius 1 is 1.10 bits per heavy atom. The third kappa shape index (κ3) is 6.39. The van der Waals surface area contributed by atoms with Crippen LogP contribution in [0.5, 0.6) is 11.6 Å². The normalized spacial score (nSPS) is 11.1. The number of aryl methyl sites for hydroxylation is 1. The minimum absolute atomic E-state index is 0.0915. The van der Waals surface area contributed by atoms with Crippen molar-refractivity contribution >= 4 is 22.7 Å². The van der Waals surface area contributed by atoms with Crippen molar-refractivity contribution in [1.82, 2.24) is 15.3 Å². The summed E-state index contributed by atoms with van der Waals surface area (Å²) in [5.41, 5.74) is 2.34. The van der Waals surface area contributed by atoms with Gasteiger partial charge in [-0.25, -0.2) is 13.6 Å². The van der Waals surface area contributed by atoms with Gasteiger partial charge in [-0.3, -0.25) is 10.3 Å². The van der Waals surface area contributed by atoms with Crippen LogP contribution in [0.15, 0.2) is 76.0 Å². The van der Waals surface area contributed by atoms with Crippen LogP contribution in [-0.2, 0) is 6.54 Å². The molecular weight excluding hydrogens is 510 g/mol. The van der Waals surface area contributed by atoms with Gasteiger partial charge in [0.25, 0.3) is 11.8 Å². The van der Waals surface area contributed by atoms with E-state index in [2.05, 4.69) is 20.6 Å². The Morgan fingerprint density at radius 2 is 1.95 bits per heavy atom. The number of nitrogens with one attached hydrogen (secondary N) is 2. The molecule has 2 N–H and O–H groups in total. The maximum Gasteiger partial charge on any atom is 0.418 e. The number of pyridine rings is 1. The molecule has 11 heteroatoms. The summed E-state index contributed by atoms with van der Waals surface area (Å²) in [5, 5.41) is 6.38. The van der Waals surface area contributed by atoms with Gasteiger partial charge in [-0.05, 0) is 55.8 Å². The molecule has 0 aliphatic heterocycles. The molecule has 0 fully saturated rings. The quantitative estimate of drug-likeness (QED) is 0.203. The Balaban J connectivity index is 1.20. The fourth-order valence-electron chi connectivity index (χ4n) is 3.98. The van der Waals surface area contributed by atoms with Gasteiger partial charge in [0.1, 0.15) is 23.0 Å². The Kier molecular flexibility index (Phi) is 7.78. The monoisotopic (exact) mass is 534 g/mol. The van der Waals surface area contributed by atoms with Gasteiger partial charge in [0.15, 0.2) is 12.0 Å². The van der Waals surface area contributed by atoms with Gasteiger partial charge in [-0.2, -0.15) is 4.98 Å². The Labute approximate surface area is 221 Å². The SMILES string of the molecule is Cc1c(-c2nc(OC(=O)Nc3cc(F)cc(F)c3)co2)oc2cccc(OCCCNCc3cccnc3)c12. The highest BCUT2D eigenvalue weighted by molar-refractivity contribution is 5.91. The van der Waals surface area contributed by atoms with E-state index in [0.717, 1.165) is 54.4 Å². The topological polar surface area (TPSA) is 112 Å². The van der Waals surface area contributed by atoms with Crippen LogP contribution in [0.2, 0.25) is 0 Å². The number of carbonyl (C=O) groups is 1. The molecule has 5 aromatic rings. The lowest BCUT2D eigenvalue weighted by Crippen LogP contribution is -2.17. The number of amides is 1.